The molecule has 0 spiro atoms. The van der Waals surface area contributed by atoms with Gasteiger partial charge in [-0.05, 0) is 94.3 Å². The van der Waals surface area contributed by atoms with E-state index in [0.717, 1.165) is 0 Å². The van der Waals surface area contributed by atoms with Crippen LogP contribution in [0, 0.1) is 0 Å². The van der Waals surface area contributed by atoms with Gasteiger partial charge in [0.25, 0.3) is 0 Å². The van der Waals surface area contributed by atoms with Crippen molar-refractivity contribution >= 4 is 53.3 Å². The second-order valence-electron chi connectivity index (χ2n) is 15.1. The number of unbranched alkanes of at least 4 members (excludes halogenated alkanes) is 1. The predicted molar refractivity (Wildman–Crippen MR) is 232 cm³/mol. The van der Waals surface area contributed by atoms with Gasteiger partial charge >= 0.3 is 11.9 Å². The van der Waals surface area contributed by atoms with Crippen molar-refractivity contribution in [3.63, 3.8) is 0 Å². The van der Waals surface area contributed by atoms with Crippen molar-refractivity contribution in [2.45, 2.75) is 114 Å². The minimum Gasteiger partial charge on any atom is -0.508 e. The molecule has 0 aliphatic rings. The number of carbonyl (C=O) groups is 8. The number of carboxylic acid groups (broad SMARTS) is 2. The van der Waals surface area contributed by atoms with Gasteiger partial charge in [0.2, 0.25) is 35.4 Å². The summed E-state index contributed by atoms with van der Waals surface area (Å²) in [6, 6.07) is 1.75. The van der Waals surface area contributed by atoms with Crippen molar-refractivity contribution in [2.24, 2.45) is 27.9 Å². The van der Waals surface area contributed by atoms with Crippen LogP contribution in [0.4, 0.5) is 0 Å². The van der Waals surface area contributed by atoms with Crippen molar-refractivity contribution in [3.05, 3.63) is 59.7 Å². The number of nitrogens with one attached hydrogen (secondary N) is 6. The first kappa shape index (κ1) is 53.1. The maximum Gasteiger partial charge on any atom is 0.325 e. The van der Waals surface area contributed by atoms with Crippen molar-refractivity contribution in [1.29, 1.82) is 0 Å². The van der Waals surface area contributed by atoms with Gasteiger partial charge in [-0.15, -0.1) is 0 Å². The molecule has 2 rings (SSSR count). The largest absolute Gasteiger partial charge is 0.508 e. The van der Waals surface area contributed by atoms with Crippen LogP contribution in [0.3, 0.4) is 0 Å². The molecule has 23 heteroatoms. The number of nitrogens with two attached hydrogens (primary N) is 4. The van der Waals surface area contributed by atoms with Crippen LogP contribution in [0.1, 0.15) is 69.9 Å². The average molecular weight is 900 g/mol. The molecular weight excluding hydrogens is 839 g/mol. The highest BCUT2D eigenvalue weighted by Gasteiger charge is 2.34. The number of hydrogen-bond acceptors (Lipinski definition) is 13. The Labute approximate surface area is 369 Å². The number of carboxylic acids is 2. The first-order valence-electron chi connectivity index (χ1n) is 20.5. The number of nitrogens with zero attached hydrogens (tertiary/aromatic N) is 1. The molecule has 352 valence electrons. The van der Waals surface area contributed by atoms with Crippen LogP contribution in [0.5, 0.6) is 11.5 Å². The molecular formula is C41H61N11O12. The maximum absolute atomic E-state index is 14.1. The molecule has 0 aliphatic heterocycles. The molecule has 2 aromatic carbocycles. The zero-order valence-electron chi connectivity index (χ0n) is 35.7. The summed E-state index contributed by atoms with van der Waals surface area (Å²) in [5, 5.41) is 53.6. The van der Waals surface area contributed by atoms with Crippen molar-refractivity contribution in [1.82, 2.24) is 31.9 Å². The van der Waals surface area contributed by atoms with E-state index in [1.165, 1.54) is 62.4 Å². The topological polar surface area (TPSA) is 406 Å². The fourth-order valence-corrected chi connectivity index (χ4v) is 5.99. The van der Waals surface area contributed by atoms with E-state index in [9.17, 15) is 58.8 Å². The van der Waals surface area contributed by atoms with Gasteiger partial charge in [-0.25, -0.2) is 0 Å². The van der Waals surface area contributed by atoms with Crippen LogP contribution in [-0.4, -0.2) is 129 Å². The van der Waals surface area contributed by atoms with E-state index >= 15 is 0 Å². The van der Waals surface area contributed by atoms with E-state index in [4.69, 9.17) is 22.9 Å². The van der Waals surface area contributed by atoms with E-state index < -0.39 is 103 Å². The third-order valence-electron chi connectivity index (χ3n) is 9.60. The Morgan fingerprint density at radius 1 is 0.562 bits per heavy atom. The number of hydrogen-bond donors (Lipinski definition) is 14. The molecule has 0 saturated carbocycles. The molecule has 2 aromatic rings. The van der Waals surface area contributed by atoms with E-state index in [2.05, 4.69) is 36.9 Å². The van der Waals surface area contributed by atoms with Crippen LogP contribution in [0.25, 0.3) is 0 Å². The Balaban J connectivity index is 2.49. The number of aromatic hydroxyl groups is 2. The molecule has 0 saturated heterocycles. The zero-order valence-corrected chi connectivity index (χ0v) is 35.7. The first-order valence-corrected chi connectivity index (χ1v) is 20.5. The van der Waals surface area contributed by atoms with Crippen molar-refractivity contribution in [3.8, 4) is 11.5 Å². The summed E-state index contributed by atoms with van der Waals surface area (Å²) in [4.78, 5) is 109. The number of rotatable bonds is 28. The van der Waals surface area contributed by atoms with E-state index in [0.29, 0.717) is 24.0 Å². The monoisotopic (exact) mass is 899 g/mol. The fraction of sp³-hybridized carbons (Fsp3) is 0.488. The molecule has 0 bridgehead atoms. The number of aliphatic imine (C=N–C) groups is 1. The Bertz CT molecular complexity index is 1930. The molecule has 0 fully saturated rings. The van der Waals surface area contributed by atoms with Gasteiger partial charge in [0.1, 0.15) is 47.8 Å². The van der Waals surface area contributed by atoms with Gasteiger partial charge in [-0.1, -0.05) is 24.3 Å². The summed E-state index contributed by atoms with van der Waals surface area (Å²) in [5.41, 5.74) is 23.0. The van der Waals surface area contributed by atoms with Crippen LogP contribution in [0.2, 0.25) is 0 Å². The summed E-state index contributed by atoms with van der Waals surface area (Å²) in [6.45, 7) is 2.97. The lowest BCUT2D eigenvalue weighted by Gasteiger charge is -2.27. The van der Waals surface area contributed by atoms with Gasteiger partial charge in [0.15, 0.2) is 5.96 Å². The lowest BCUT2D eigenvalue weighted by Crippen LogP contribution is -2.60. The lowest BCUT2D eigenvalue weighted by molar-refractivity contribution is -0.142. The summed E-state index contributed by atoms with van der Waals surface area (Å²) in [6.07, 6.45) is -0.544. The Kier molecular flexibility index (Phi) is 22.5. The molecule has 0 aliphatic carbocycles. The van der Waals surface area contributed by atoms with Gasteiger partial charge in [-0.2, -0.15) is 0 Å². The van der Waals surface area contributed by atoms with Gasteiger partial charge in [-0.3, -0.25) is 43.3 Å². The maximum atomic E-state index is 14.1. The second-order valence-corrected chi connectivity index (χ2v) is 15.1. The molecule has 0 radical (unpaired) electrons. The molecule has 6 amide bonds. The molecule has 7 atom stereocenters. The first-order chi connectivity index (χ1) is 30.2. The molecule has 0 aromatic heterocycles. The Morgan fingerprint density at radius 3 is 1.36 bits per heavy atom. The van der Waals surface area contributed by atoms with Gasteiger partial charge in [0, 0.05) is 25.8 Å². The van der Waals surface area contributed by atoms with Crippen LogP contribution < -0.4 is 54.8 Å². The molecule has 18 N–H and O–H groups in total. The number of amides is 6. The van der Waals surface area contributed by atoms with Crippen molar-refractivity contribution in [2.75, 3.05) is 13.1 Å². The van der Waals surface area contributed by atoms with E-state index in [1.54, 1.807) is 0 Å². The van der Waals surface area contributed by atoms with Gasteiger partial charge < -0.3 is 75.3 Å². The summed E-state index contributed by atoms with van der Waals surface area (Å²) in [7, 11) is 0. The highest BCUT2D eigenvalue weighted by Crippen LogP contribution is 2.15. The summed E-state index contributed by atoms with van der Waals surface area (Å²) >= 11 is 0. The highest BCUT2D eigenvalue weighted by molar-refractivity contribution is 5.97. The molecule has 64 heavy (non-hydrogen) atoms. The molecule has 23 nitrogen and oxygen atoms in total. The third kappa shape index (κ3) is 19.8. The summed E-state index contributed by atoms with van der Waals surface area (Å²) < 4.78 is 0. The SMILES string of the molecule is C[C@H](N)C(=O)N[C@@H](CCCN=C(N)N)C(=O)N[C@@H](CCCCN)C(=O)N[C@@H](CCC(=O)O)C(=O)N[C@@H](Cc1ccc(O)cc1)C(=O)N[C@@H](Cc1ccc(O)cc1)C(=O)N[C@@H](C)C(=O)O. The highest BCUT2D eigenvalue weighted by atomic mass is 16.4. The number of aliphatic carboxylic acids is 2. The third-order valence-corrected chi connectivity index (χ3v) is 9.60. The number of phenolic OH excluding ortho intramolecular Hbond substituents is 2. The van der Waals surface area contributed by atoms with E-state index in [-0.39, 0.29) is 62.7 Å². The van der Waals surface area contributed by atoms with Crippen LogP contribution in [-0.2, 0) is 51.2 Å². The predicted octanol–water partition coefficient (Wildman–Crippen LogP) is -2.71. The van der Waals surface area contributed by atoms with Crippen LogP contribution in [0.15, 0.2) is 53.5 Å². The van der Waals surface area contributed by atoms with Crippen molar-refractivity contribution < 1.29 is 58.8 Å². The second kappa shape index (κ2) is 27.1. The quantitative estimate of drug-likeness (QED) is 0.0235. The number of benzene rings is 2. The number of phenols is 2. The minimum absolute atomic E-state index is 0.000857. The molecule has 0 heterocycles. The fourth-order valence-electron chi connectivity index (χ4n) is 5.99. The Hall–Kier alpha value is -7.01. The smallest absolute Gasteiger partial charge is 0.325 e. The minimum atomic E-state index is -1.62. The standard InChI is InChI=1S/C41H61N11O12/c1-22(43)34(57)48-29(7-5-19-46-41(44)45)36(59)49-28(6-3-4-18-42)35(58)50-30(16-17-33(55)56)37(60)51-32(21-25-10-14-27(54)15-11-25)39(62)52-31(38(61)47-23(2)40(63)64)20-24-8-12-26(53)13-9-24/h8-15,22-23,28-32,53-54H,3-7,16-21,42-43H2,1-2H3,(H,47,61)(H,48,57)(H,49,59)(H,50,58)(H,51,60)(H,52,62)(H,55,56)(H,63,64)(H4,44,45,46)/t22-,23-,28-,29-,30-,31-,32-/m0/s1. The molecule has 0 unspecified atom stereocenters. The van der Waals surface area contributed by atoms with Gasteiger partial charge in [0.05, 0.1) is 6.04 Å². The zero-order chi connectivity index (χ0) is 47.9. The van der Waals surface area contributed by atoms with E-state index in [1.807, 2.05) is 0 Å². The number of guanidine groups is 1. The lowest BCUT2D eigenvalue weighted by atomic mass is 10.0. The normalized spacial score (nSPS) is 14.1. The average Bonchev–Trinajstić information content (AvgIpc) is 3.23. The van der Waals surface area contributed by atoms with Crippen LogP contribution >= 0.6 is 0 Å². The number of carbonyl (C=O) groups excluding carboxylic acids is 6. The Morgan fingerprint density at radius 2 is 0.953 bits per heavy atom. The summed E-state index contributed by atoms with van der Waals surface area (Å²) in [5.74, 6) is -8.28.